The fourth-order valence-corrected chi connectivity index (χ4v) is 4.49. The first kappa shape index (κ1) is 25.1. The highest BCUT2D eigenvalue weighted by Gasteiger charge is 2.34. The molecular formula is C30H31N5O3. The number of carbonyl (C=O) groups excluding carboxylic acids is 1. The summed E-state index contributed by atoms with van der Waals surface area (Å²) in [4.78, 5) is 17.9. The van der Waals surface area contributed by atoms with E-state index in [9.17, 15) is 4.79 Å². The molecule has 0 radical (unpaired) electrons. The van der Waals surface area contributed by atoms with Gasteiger partial charge in [-0.25, -0.2) is 4.68 Å². The molecular weight excluding hydrogens is 478 g/mol. The Kier molecular flexibility index (Phi) is 7.40. The fraction of sp³-hybridized carbons (Fsp3) is 0.233. The number of nitrogens with zero attached hydrogens (tertiary/aromatic N) is 3. The van der Waals surface area contributed by atoms with Crippen LogP contribution in [0, 0.1) is 6.92 Å². The molecule has 0 bridgehead atoms. The molecule has 1 amide bonds. The van der Waals surface area contributed by atoms with Crippen molar-refractivity contribution in [2.24, 2.45) is 0 Å². The number of hydrogen-bond acceptors (Lipinski definition) is 6. The van der Waals surface area contributed by atoms with Crippen LogP contribution in [0.15, 0.2) is 90.4 Å². The topological polar surface area (TPSA) is 90.3 Å². The van der Waals surface area contributed by atoms with E-state index in [2.05, 4.69) is 51.9 Å². The van der Waals surface area contributed by atoms with Crippen molar-refractivity contribution in [1.82, 2.24) is 20.1 Å². The number of ether oxygens (including phenoxy) is 2. The first-order valence-corrected chi connectivity index (χ1v) is 12.7. The van der Waals surface area contributed by atoms with Crippen molar-refractivity contribution >= 4 is 11.9 Å². The van der Waals surface area contributed by atoms with Gasteiger partial charge in [-0.1, -0.05) is 66.2 Å². The van der Waals surface area contributed by atoms with E-state index in [4.69, 9.17) is 9.47 Å². The lowest BCUT2D eigenvalue weighted by molar-refractivity contribution is -0.118. The Morgan fingerprint density at radius 3 is 2.53 bits per heavy atom. The highest BCUT2D eigenvalue weighted by molar-refractivity contribution is 5.96. The van der Waals surface area contributed by atoms with Crippen LogP contribution >= 0.6 is 0 Å². The Bertz CT molecular complexity index is 1440. The van der Waals surface area contributed by atoms with Crippen molar-refractivity contribution in [3.05, 3.63) is 113 Å². The summed E-state index contributed by atoms with van der Waals surface area (Å²) in [5.41, 5.74) is 5.43. The van der Waals surface area contributed by atoms with Crippen molar-refractivity contribution in [2.75, 3.05) is 11.9 Å². The molecule has 0 saturated carbocycles. The molecule has 3 aromatic carbocycles. The third-order valence-electron chi connectivity index (χ3n) is 6.43. The van der Waals surface area contributed by atoms with Crippen LogP contribution in [-0.2, 0) is 17.9 Å². The van der Waals surface area contributed by atoms with Crippen molar-refractivity contribution < 1.29 is 14.3 Å². The largest absolute Gasteiger partial charge is 0.490 e. The molecule has 5 rings (SSSR count). The van der Waals surface area contributed by atoms with Crippen LogP contribution in [0.4, 0.5) is 5.95 Å². The highest BCUT2D eigenvalue weighted by Crippen LogP contribution is 2.38. The normalized spacial score (nSPS) is 14.4. The standard InChI is InChI=1S/C30H31N5O3/c1-4-37-26-16-24(14-15-25(26)38-18-23-12-10-20(2)11-13-23)28-27(21(3)34-30-32-19-33-35(28)30)29(36)31-17-22-8-6-5-7-9-22/h5-16,19,28H,4,17-18H2,1-3H3,(H,31,36)(H,32,33,34). The van der Waals surface area contributed by atoms with Gasteiger partial charge in [0.2, 0.25) is 5.95 Å². The number of anilines is 1. The molecule has 2 heterocycles. The molecule has 8 heteroatoms. The maximum absolute atomic E-state index is 13.5. The molecule has 2 N–H and O–H groups in total. The Balaban J connectivity index is 1.44. The van der Waals surface area contributed by atoms with E-state index in [1.807, 2.05) is 62.4 Å². The minimum absolute atomic E-state index is 0.178. The molecule has 8 nitrogen and oxygen atoms in total. The Morgan fingerprint density at radius 1 is 0.974 bits per heavy atom. The van der Waals surface area contributed by atoms with Gasteiger partial charge >= 0.3 is 0 Å². The molecule has 1 unspecified atom stereocenters. The number of aryl methyl sites for hydroxylation is 1. The van der Waals surface area contributed by atoms with Gasteiger partial charge < -0.3 is 20.1 Å². The van der Waals surface area contributed by atoms with Crippen LogP contribution in [0.2, 0.25) is 0 Å². The van der Waals surface area contributed by atoms with E-state index in [0.717, 1.165) is 22.4 Å². The third-order valence-corrected chi connectivity index (χ3v) is 6.43. The van der Waals surface area contributed by atoms with E-state index in [0.29, 0.717) is 42.8 Å². The second kappa shape index (κ2) is 11.2. The number of hydrogen-bond donors (Lipinski definition) is 2. The van der Waals surface area contributed by atoms with Gasteiger partial charge in [-0.05, 0) is 49.6 Å². The smallest absolute Gasteiger partial charge is 0.251 e. The molecule has 0 spiro atoms. The van der Waals surface area contributed by atoms with Gasteiger partial charge in [0.25, 0.3) is 5.91 Å². The zero-order valence-corrected chi connectivity index (χ0v) is 21.8. The average molecular weight is 510 g/mol. The summed E-state index contributed by atoms with van der Waals surface area (Å²) < 4.78 is 13.8. The summed E-state index contributed by atoms with van der Waals surface area (Å²) in [6, 6.07) is 23.3. The van der Waals surface area contributed by atoms with Crippen molar-refractivity contribution in [1.29, 1.82) is 0 Å². The quantitative estimate of drug-likeness (QED) is 0.324. The van der Waals surface area contributed by atoms with Crippen LogP contribution in [0.25, 0.3) is 0 Å². The minimum atomic E-state index is -0.491. The number of nitrogens with one attached hydrogen (secondary N) is 2. The van der Waals surface area contributed by atoms with Gasteiger partial charge in [0.1, 0.15) is 19.0 Å². The molecule has 194 valence electrons. The Hall–Kier alpha value is -4.59. The SMILES string of the molecule is CCOc1cc(C2C(C(=O)NCc3ccccc3)=C(C)Nc3ncnn32)ccc1OCc1ccc(C)cc1. The minimum Gasteiger partial charge on any atom is -0.490 e. The number of carbonyl (C=O) groups is 1. The predicted octanol–water partition coefficient (Wildman–Crippen LogP) is 5.17. The molecule has 38 heavy (non-hydrogen) atoms. The number of rotatable bonds is 9. The number of allylic oxidation sites excluding steroid dienone is 1. The molecule has 1 aromatic heterocycles. The van der Waals surface area contributed by atoms with Gasteiger partial charge in [-0.15, -0.1) is 0 Å². The van der Waals surface area contributed by atoms with Gasteiger partial charge in [-0.2, -0.15) is 10.1 Å². The Morgan fingerprint density at radius 2 is 1.76 bits per heavy atom. The zero-order chi connectivity index (χ0) is 26.5. The second-order valence-electron chi connectivity index (χ2n) is 9.18. The lowest BCUT2D eigenvalue weighted by Gasteiger charge is -2.29. The Labute approximate surface area is 222 Å². The summed E-state index contributed by atoms with van der Waals surface area (Å²) in [5, 5.41) is 10.7. The van der Waals surface area contributed by atoms with Gasteiger partial charge in [0, 0.05) is 12.2 Å². The third kappa shape index (κ3) is 5.39. The first-order valence-electron chi connectivity index (χ1n) is 12.7. The summed E-state index contributed by atoms with van der Waals surface area (Å²) in [5.74, 6) is 1.64. The fourth-order valence-electron chi connectivity index (χ4n) is 4.49. The van der Waals surface area contributed by atoms with Crippen LogP contribution in [0.5, 0.6) is 11.5 Å². The number of fused-ring (bicyclic) bond motifs is 1. The highest BCUT2D eigenvalue weighted by atomic mass is 16.5. The summed E-state index contributed by atoms with van der Waals surface area (Å²) in [6.45, 7) is 7.19. The van der Waals surface area contributed by atoms with Crippen LogP contribution in [0.1, 0.15) is 42.1 Å². The van der Waals surface area contributed by atoms with Gasteiger partial charge in [0.15, 0.2) is 11.5 Å². The molecule has 0 fully saturated rings. The van der Waals surface area contributed by atoms with E-state index >= 15 is 0 Å². The van der Waals surface area contributed by atoms with Gasteiger partial charge in [-0.3, -0.25) is 4.79 Å². The molecule has 0 saturated heterocycles. The lowest BCUT2D eigenvalue weighted by atomic mass is 9.94. The molecule has 1 atom stereocenters. The maximum Gasteiger partial charge on any atom is 0.251 e. The number of benzene rings is 3. The predicted molar refractivity (Wildman–Crippen MR) is 146 cm³/mol. The summed E-state index contributed by atoms with van der Waals surface area (Å²) in [7, 11) is 0. The van der Waals surface area contributed by atoms with Crippen molar-refractivity contribution in [3.63, 3.8) is 0 Å². The molecule has 4 aromatic rings. The zero-order valence-electron chi connectivity index (χ0n) is 21.8. The van der Waals surface area contributed by atoms with Crippen LogP contribution in [-0.4, -0.2) is 27.3 Å². The first-order chi connectivity index (χ1) is 18.5. The maximum atomic E-state index is 13.5. The molecule has 0 aliphatic carbocycles. The monoisotopic (exact) mass is 509 g/mol. The van der Waals surface area contributed by atoms with Crippen LogP contribution < -0.4 is 20.1 Å². The molecule has 1 aliphatic rings. The lowest BCUT2D eigenvalue weighted by Crippen LogP contribution is -2.34. The summed E-state index contributed by atoms with van der Waals surface area (Å²) >= 11 is 0. The van der Waals surface area contributed by atoms with E-state index in [-0.39, 0.29) is 5.91 Å². The average Bonchev–Trinajstić information content (AvgIpc) is 3.40. The van der Waals surface area contributed by atoms with E-state index in [1.165, 1.54) is 11.9 Å². The second-order valence-corrected chi connectivity index (χ2v) is 9.18. The summed E-state index contributed by atoms with van der Waals surface area (Å²) in [6.07, 6.45) is 1.48. The van der Waals surface area contributed by atoms with Crippen LogP contribution in [0.3, 0.4) is 0 Å². The van der Waals surface area contributed by atoms with Gasteiger partial charge in [0.05, 0.1) is 12.2 Å². The van der Waals surface area contributed by atoms with E-state index < -0.39 is 6.04 Å². The van der Waals surface area contributed by atoms with Crippen molar-refractivity contribution in [2.45, 2.75) is 40.0 Å². The van der Waals surface area contributed by atoms with Crippen molar-refractivity contribution in [3.8, 4) is 11.5 Å². The number of aromatic nitrogens is 3. The number of amides is 1. The van der Waals surface area contributed by atoms with E-state index in [1.54, 1.807) is 4.68 Å². The molecule has 1 aliphatic heterocycles.